The van der Waals surface area contributed by atoms with Crippen LogP contribution in [0, 0.1) is 11.4 Å². The fourth-order valence-electron chi connectivity index (χ4n) is 4.84. The number of benzene rings is 2. The van der Waals surface area contributed by atoms with Crippen LogP contribution in [0.3, 0.4) is 0 Å². The Labute approximate surface area is 230 Å². The predicted octanol–water partition coefficient (Wildman–Crippen LogP) is 7.93. The van der Waals surface area contributed by atoms with E-state index in [4.69, 9.17) is 10.3 Å². The van der Waals surface area contributed by atoms with E-state index in [0.29, 0.717) is 17.7 Å². The van der Waals surface area contributed by atoms with Gasteiger partial charge in [-0.25, -0.2) is 5.53 Å². The van der Waals surface area contributed by atoms with Crippen LogP contribution < -0.4 is 5.43 Å². The second-order valence-electron chi connectivity index (χ2n) is 9.83. The molecule has 0 saturated heterocycles. The van der Waals surface area contributed by atoms with Gasteiger partial charge < -0.3 is 15.1 Å². The fourth-order valence-corrected chi connectivity index (χ4v) is 4.84. The van der Waals surface area contributed by atoms with Gasteiger partial charge in [-0.3, -0.25) is 0 Å². The van der Waals surface area contributed by atoms with Crippen molar-refractivity contribution in [1.82, 2.24) is 10.3 Å². The van der Waals surface area contributed by atoms with E-state index in [2.05, 4.69) is 15.6 Å². The Morgan fingerprint density at radius 3 is 1.88 bits per heavy atom. The lowest BCUT2D eigenvalue weighted by Gasteiger charge is -2.43. The zero-order valence-corrected chi connectivity index (χ0v) is 22.2. The number of hydrazone groups is 1. The molecule has 0 spiro atoms. The molecule has 0 aliphatic heterocycles. The largest absolute Gasteiger partial charge is 0.416 e. The van der Waals surface area contributed by atoms with Crippen LogP contribution >= 0.6 is 0 Å². The van der Waals surface area contributed by atoms with Crippen LogP contribution in [0.5, 0.6) is 0 Å². The van der Waals surface area contributed by atoms with Crippen LogP contribution in [0.2, 0.25) is 0 Å². The molecule has 0 aromatic heterocycles. The standard InChI is InChI=1S/C26H28F9N5O/c1-23(41-3,17-5-4-6-17)21-8-7-18(24(27,28)29)11-16(21)14-40(22(38-36)39-37-2)13-15-9-19(25(30,31)32)12-20(10-15)26(33,34)35/h7-12,17,36-37H,4-6,13-14H2,1-3H3/b38-36?,39-22+. The number of nitrogens with zero attached hydrogens (tertiary/aromatic N) is 3. The molecule has 2 N–H and O–H groups in total. The summed E-state index contributed by atoms with van der Waals surface area (Å²) in [5, 5.41) is 6.99. The Morgan fingerprint density at radius 1 is 0.902 bits per heavy atom. The molecule has 15 heteroatoms. The lowest BCUT2D eigenvalue weighted by atomic mass is 9.69. The highest BCUT2D eigenvalue weighted by atomic mass is 19.4. The maximum Gasteiger partial charge on any atom is 0.416 e. The van der Waals surface area contributed by atoms with E-state index in [1.165, 1.54) is 20.2 Å². The molecule has 226 valence electrons. The summed E-state index contributed by atoms with van der Waals surface area (Å²) in [6.45, 7) is 0.525. The third kappa shape index (κ3) is 7.29. The third-order valence-electron chi connectivity index (χ3n) is 7.25. The molecule has 6 nitrogen and oxygen atoms in total. The van der Waals surface area contributed by atoms with Gasteiger partial charge in [-0.05, 0) is 72.7 Å². The van der Waals surface area contributed by atoms with Crippen molar-refractivity contribution in [3.05, 3.63) is 69.8 Å². The molecule has 2 aromatic rings. The molecular weight excluding hydrogens is 569 g/mol. The lowest BCUT2D eigenvalue weighted by molar-refractivity contribution is -0.143. The van der Waals surface area contributed by atoms with Crippen molar-refractivity contribution in [2.45, 2.75) is 63.4 Å². The molecular formula is C26H28F9N5O. The molecule has 0 radical (unpaired) electrons. The van der Waals surface area contributed by atoms with Gasteiger partial charge in [0.15, 0.2) is 0 Å². The number of rotatable bonds is 8. The van der Waals surface area contributed by atoms with Crippen molar-refractivity contribution in [2.75, 3.05) is 14.2 Å². The molecule has 0 heterocycles. The zero-order valence-electron chi connectivity index (χ0n) is 22.2. The first-order valence-corrected chi connectivity index (χ1v) is 12.3. The monoisotopic (exact) mass is 597 g/mol. The normalized spacial score (nSPS) is 16.6. The Kier molecular flexibility index (Phi) is 9.30. The van der Waals surface area contributed by atoms with Gasteiger partial charge in [0.1, 0.15) is 0 Å². The summed E-state index contributed by atoms with van der Waals surface area (Å²) in [6.07, 6.45) is -12.6. The zero-order chi connectivity index (χ0) is 30.8. The topological polar surface area (TPSA) is 73.1 Å². The van der Waals surface area contributed by atoms with E-state index in [1.807, 2.05) is 0 Å². The molecule has 1 aliphatic rings. The highest BCUT2D eigenvalue weighted by Gasteiger charge is 2.42. The van der Waals surface area contributed by atoms with Gasteiger partial charge in [-0.1, -0.05) is 12.5 Å². The minimum Gasteiger partial charge on any atom is -0.374 e. The summed E-state index contributed by atoms with van der Waals surface area (Å²) in [7, 11) is 2.72. The summed E-state index contributed by atoms with van der Waals surface area (Å²) in [6, 6.07) is 3.98. The Bertz CT molecular complexity index is 1240. The molecule has 41 heavy (non-hydrogen) atoms. The van der Waals surface area contributed by atoms with Gasteiger partial charge in [0.2, 0.25) is 0 Å². The van der Waals surface area contributed by atoms with Crippen LogP contribution in [-0.4, -0.2) is 25.0 Å². The molecule has 1 aliphatic carbocycles. The second kappa shape index (κ2) is 11.9. The van der Waals surface area contributed by atoms with Crippen LogP contribution in [0.4, 0.5) is 39.5 Å². The average molecular weight is 598 g/mol. The number of guanidine groups is 1. The molecule has 0 bridgehead atoms. The van der Waals surface area contributed by atoms with Gasteiger partial charge in [0, 0.05) is 27.2 Å². The molecule has 1 fully saturated rings. The lowest BCUT2D eigenvalue weighted by Crippen LogP contribution is -2.40. The number of methoxy groups -OCH3 is 1. The van der Waals surface area contributed by atoms with Crippen LogP contribution in [-0.2, 0) is 42.0 Å². The average Bonchev–Trinajstić information content (AvgIpc) is 2.84. The van der Waals surface area contributed by atoms with Crippen molar-refractivity contribution in [2.24, 2.45) is 16.1 Å². The number of alkyl halides is 9. The SMILES string of the molecule is CN/N=C(\N=N)N(Cc1cc(C(F)(F)F)cc(C(F)(F)F)c1)Cc1cc(C(F)(F)F)ccc1C(C)(OC)C1CCC1. The quantitative estimate of drug-likeness (QED) is 0.107. The number of hydrogen-bond donors (Lipinski definition) is 2. The van der Waals surface area contributed by atoms with Crippen molar-refractivity contribution in [3.8, 4) is 0 Å². The highest BCUT2D eigenvalue weighted by molar-refractivity contribution is 5.80. The Hall–Kier alpha value is -3.36. The molecule has 1 unspecified atom stereocenters. The molecule has 1 atom stereocenters. The summed E-state index contributed by atoms with van der Waals surface area (Å²) >= 11 is 0. The molecule has 0 amide bonds. The summed E-state index contributed by atoms with van der Waals surface area (Å²) in [5.41, 5.74) is 4.60. The van der Waals surface area contributed by atoms with Crippen molar-refractivity contribution in [3.63, 3.8) is 0 Å². The van der Waals surface area contributed by atoms with E-state index in [-0.39, 0.29) is 17.5 Å². The molecule has 2 aromatic carbocycles. The first-order valence-electron chi connectivity index (χ1n) is 12.3. The summed E-state index contributed by atoms with van der Waals surface area (Å²) in [4.78, 5) is 1.02. The molecule has 3 rings (SSSR count). The van der Waals surface area contributed by atoms with Gasteiger partial charge in [0.05, 0.1) is 22.3 Å². The number of ether oxygens (including phenoxy) is 1. The first kappa shape index (κ1) is 32.2. The fraction of sp³-hybridized carbons (Fsp3) is 0.500. The van der Waals surface area contributed by atoms with E-state index in [0.717, 1.165) is 36.3 Å². The minimum atomic E-state index is -5.11. The smallest absolute Gasteiger partial charge is 0.374 e. The first-order chi connectivity index (χ1) is 18.9. The second-order valence-corrected chi connectivity index (χ2v) is 9.83. The predicted molar refractivity (Wildman–Crippen MR) is 130 cm³/mol. The Morgan fingerprint density at radius 2 is 1.46 bits per heavy atom. The van der Waals surface area contributed by atoms with Crippen molar-refractivity contribution < 1.29 is 44.3 Å². The van der Waals surface area contributed by atoms with E-state index in [9.17, 15) is 39.5 Å². The van der Waals surface area contributed by atoms with Gasteiger partial charge >= 0.3 is 18.5 Å². The number of nitrogens with one attached hydrogen (secondary N) is 2. The van der Waals surface area contributed by atoms with E-state index < -0.39 is 65.4 Å². The summed E-state index contributed by atoms with van der Waals surface area (Å²) in [5.74, 6) is -0.523. The van der Waals surface area contributed by atoms with Crippen LogP contribution in [0.25, 0.3) is 0 Å². The minimum absolute atomic E-state index is 0.0289. The maximum atomic E-state index is 13.7. The number of hydrogen-bond acceptors (Lipinski definition) is 4. The van der Waals surface area contributed by atoms with Crippen molar-refractivity contribution >= 4 is 5.96 Å². The third-order valence-corrected chi connectivity index (χ3v) is 7.25. The van der Waals surface area contributed by atoms with Gasteiger partial charge in [-0.15, -0.1) is 10.2 Å². The van der Waals surface area contributed by atoms with Crippen LogP contribution in [0.15, 0.2) is 46.6 Å². The maximum absolute atomic E-state index is 13.7. The van der Waals surface area contributed by atoms with E-state index in [1.54, 1.807) is 6.92 Å². The highest BCUT2D eigenvalue weighted by Crippen LogP contribution is 2.46. The summed E-state index contributed by atoms with van der Waals surface area (Å²) < 4.78 is 128. The molecule has 1 saturated carbocycles. The Balaban J connectivity index is 2.19. The van der Waals surface area contributed by atoms with E-state index >= 15 is 0 Å². The van der Waals surface area contributed by atoms with Gasteiger partial charge in [-0.2, -0.15) is 39.5 Å². The number of halogens is 9. The van der Waals surface area contributed by atoms with Crippen molar-refractivity contribution in [1.29, 1.82) is 5.53 Å². The van der Waals surface area contributed by atoms with Gasteiger partial charge in [0.25, 0.3) is 5.96 Å². The van der Waals surface area contributed by atoms with Crippen LogP contribution in [0.1, 0.15) is 59.6 Å².